The molecule has 0 aliphatic carbocycles. The van der Waals surface area contributed by atoms with E-state index in [2.05, 4.69) is 44.6 Å². The van der Waals surface area contributed by atoms with Crippen LogP contribution in [0.4, 0.5) is 0 Å². The molecule has 1 heterocycles. The summed E-state index contributed by atoms with van der Waals surface area (Å²) in [5.41, 5.74) is 0. The van der Waals surface area contributed by atoms with E-state index in [1.807, 2.05) is 0 Å². The van der Waals surface area contributed by atoms with Crippen LogP contribution < -0.4 is 4.98 Å². The summed E-state index contributed by atoms with van der Waals surface area (Å²) < 4.78 is 18.1. The second kappa shape index (κ2) is 4.40. The summed E-state index contributed by atoms with van der Waals surface area (Å²) in [6, 6.07) is 0. The van der Waals surface area contributed by atoms with Crippen LogP contribution in [0, 0.1) is 0 Å². The Balaban J connectivity index is 2.73. The molecule has 0 radical (unpaired) electrons. The third-order valence-electron chi connectivity index (χ3n) is 2.07. The summed E-state index contributed by atoms with van der Waals surface area (Å²) in [4.78, 5) is 3.44. The fraction of sp³-hybridized carbons (Fsp3) is 1.00. The van der Waals surface area contributed by atoms with E-state index >= 15 is 0 Å². The maximum Gasteiger partial charge on any atom is 0.404 e. The summed E-state index contributed by atoms with van der Waals surface area (Å²) >= 11 is 0. The Morgan fingerprint density at radius 3 is 1.73 bits per heavy atom. The summed E-state index contributed by atoms with van der Waals surface area (Å²) in [6.07, 6.45) is 1.10. The normalized spacial score (nSPS) is 27.6. The van der Waals surface area contributed by atoms with Gasteiger partial charge in [0, 0.05) is 0 Å². The lowest BCUT2D eigenvalue weighted by Crippen LogP contribution is -2.71. The molecule has 0 aromatic rings. The molecule has 0 spiro atoms. The predicted octanol–water partition coefficient (Wildman–Crippen LogP) is 2.02. The first-order valence-corrected chi connectivity index (χ1v) is 13.5. The van der Waals surface area contributed by atoms with E-state index in [-0.39, 0.29) is 0 Å². The zero-order valence-corrected chi connectivity index (χ0v) is 13.6. The van der Waals surface area contributed by atoms with E-state index in [0.717, 1.165) is 13.0 Å². The van der Waals surface area contributed by atoms with Crippen molar-refractivity contribution in [2.45, 2.75) is 46.1 Å². The van der Waals surface area contributed by atoms with Crippen molar-refractivity contribution < 1.29 is 12.3 Å². The van der Waals surface area contributed by atoms with Gasteiger partial charge in [-0.2, -0.15) is 0 Å². The summed E-state index contributed by atoms with van der Waals surface area (Å²) in [5.74, 6) is 0. The Morgan fingerprint density at radius 2 is 1.33 bits per heavy atom. The lowest BCUT2D eigenvalue weighted by Gasteiger charge is -2.47. The van der Waals surface area contributed by atoms with Gasteiger partial charge in [0.2, 0.25) is 0 Å². The highest BCUT2D eigenvalue weighted by Crippen LogP contribution is 2.28. The number of nitrogens with one attached hydrogen (secondary N) is 1. The Bertz CT molecular complexity index is 219. The molecule has 0 bridgehead atoms. The van der Waals surface area contributed by atoms with Crippen LogP contribution in [0.25, 0.3) is 0 Å². The topological polar surface area (TPSA) is 39.7 Å². The first kappa shape index (κ1) is 13.6. The fourth-order valence-electron chi connectivity index (χ4n) is 2.02. The van der Waals surface area contributed by atoms with Gasteiger partial charge in [0.1, 0.15) is 0 Å². The van der Waals surface area contributed by atoms with Gasteiger partial charge in [0.25, 0.3) is 0 Å². The number of hydrogen-bond donors (Lipinski definition) is 1. The monoisotopic (exact) mass is 265 g/mol. The van der Waals surface area contributed by atoms with Crippen molar-refractivity contribution in [2.75, 3.05) is 6.54 Å². The molecule has 0 atom stereocenters. The van der Waals surface area contributed by atoms with Crippen LogP contribution >= 0.6 is 0 Å². The van der Waals surface area contributed by atoms with Gasteiger partial charge in [-0.05, 0) is 45.7 Å². The van der Waals surface area contributed by atoms with Crippen molar-refractivity contribution in [1.29, 1.82) is 0 Å². The van der Waals surface area contributed by atoms with Gasteiger partial charge in [-0.25, -0.2) is 0 Å². The van der Waals surface area contributed by atoms with Crippen LogP contribution in [0.1, 0.15) is 13.3 Å². The minimum atomic E-state index is -2.18. The Kier molecular flexibility index (Phi) is 3.97. The summed E-state index contributed by atoms with van der Waals surface area (Å²) in [5, 5.41) is 0. The largest absolute Gasteiger partial charge is 0.416 e. The molecule has 15 heavy (non-hydrogen) atoms. The van der Waals surface area contributed by atoms with Gasteiger partial charge in [0.05, 0.1) is 0 Å². The van der Waals surface area contributed by atoms with Crippen molar-refractivity contribution >= 4 is 25.8 Å². The highest BCUT2D eigenvalue weighted by Gasteiger charge is 2.52. The number of hydrogen-bond acceptors (Lipinski definition) is 4. The predicted molar refractivity (Wildman–Crippen MR) is 68.1 cm³/mol. The average molecular weight is 266 g/mol. The van der Waals surface area contributed by atoms with Gasteiger partial charge >= 0.3 is 25.8 Å². The first-order chi connectivity index (χ1) is 6.68. The summed E-state index contributed by atoms with van der Waals surface area (Å²) in [7, 11) is -6.13. The highest BCUT2D eigenvalue weighted by atomic mass is 28.5. The van der Waals surface area contributed by atoms with Gasteiger partial charge in [-0.1, -0.05) is 6.92 Å². The van der Waals surface area contributed by atoms with Gasteiger partial charge < -0.3 is 12.3 Å². The molecule has 1 N–H and O–H groups in total. The molecule has 0 saturated carbocycles. The molecule has 1 aliphatic heterocycles. The summed E-state index contributed by atoms with van der Waals surface area (Å²) in [6.45, 7) is 13.6. The van der Waals surface area contributed by atoms with Crippen molar-refractivity contribution in [2.24, 2.45) is 0 Å². The van der Waals surface area contributed by atoms with Gasteiger partial charge in [-0.3, -0.25) is 4.98 Å². The molecule has 0 aromatic heterocycles. The van der Waals surface area contributed by atoms with Crippen LogP contribution in [0.2, 0.25) is 32.7 Å². The van der Waals surface area contributed by atoms with E-state index in [1.165, 1.54) is 0 Å². The maximum absolute atomic E-state index is 6.06. The van der Waals surface area contributed by atoms with Gasteiger partial charge in [-0.15, -0.1) is 0 Å². The molecule has 0 unspecified atom stereocenters. The van der Waals surface area contributed by atoms with Crippen molar-refractivity contribution in [3.8, 4) is 0 Å². The third kappa shape index (κ3) is 4.10. The third-order valence-corrected chi connectivity index (χ3v) is 13.9. The standard InChI is InChI=1S/C8H23NO3Si3/c1-7-8-9-15(6)11-13(2,3)10-14(4,5)12-15/h9H,7-8H2,1-6H3. The van der Waals surface area contributed by atoms with E-state index in [0.29, 0.717) is 0 Å². The average Bonchev–Trinajstić information content (AvgIpc) is 1.93. The Morgan fingerprint density at radius 1 is 0.867 bits per heavy atom. The van der Waals surface area contributed by atoms with Crippen LogP contribution in [-0.2, 0) is 12.3 Å². The molecule has 1 saturated heterocycles. The van der Waals surface area contributed by atoms with Crippen LogP contribution in [0.3, 0.4) is 0 Å². The molecule has 7 heteroatoms. The van der Waals surface area contributed by atoms with Gasteiger partial charge in [0.15, 0.2) is 0 Å². The van der Waals surface area contributed by atoms with Crippen LogP contribution in [0.5, 0.6) is 0 Å². The van der Waals surface area contributed by atoms with Crippen molar-refractivity contribution in [3.63, 3.8) is 0 Å². The molecule has 1 rings (SSSR count). The SMILES string of the molecule is CCCN[Si]1(C)O[Si](C)(C)O[Si](C)(C)O1. The van der Waals surface area contributed by atoms with E-state index in [9.17, 15) is 0 Å². The molecule has 1 fully saturated rings. The maximum atomic E-state index is 6.06. The molecule has 0 aromatic carbocycles. The smallest absolute Gasteiger partial charge is 0.404 e. The van der Waals surface area contributed by atoms with Crippen molar-refractivity contribution in [1.82, 2.24) is 4.98 Å². The van der Waals surface area contributed by atoms with E-state index in [1.54, 1.807) is 0 Å². The number of rotatable bonds is 3. The van der Waals surface area contributed by atoms with E-state index < -0.39 is 25.8 Å². The minimum Gasteiger partial charge on any atom is -0.416 e. The zero-order chi connectivity index (χ0) is 11.7. The lowest BCUT2D eigenvalue weighted by atomic mass is 10.5. The Hall–Kier alpha value is 0.491. The molecule has 0 amide bonds. The van der Waals surface area contributed by atoms with Crippen LogP contribution in [-0.4, -0.2) is 32.4 Å². The molecular weight excluding hydrogens is 242 g/mol. The molecule has 4 nitrogen and oxygen atoms in total. The molecule has 1 aliphatic rings. The fourth-order valence-corrected chi connectivity index (χ4v) is 17.2. The van der Waals surface area contributed by atoms with E-state index in [4.69, 9.17) is 12.3 Å². The molecule has 90 valence electrons. The second-order valence-electron chi connectivity index (χ2n) is 4.98. The zero-order valence-electron chi connectivity index (χ0n) is 10.6. The molecular formula is C8H23NO3Si3. The minimum absolute atomic E-state index is 0.956. The van der Waals surface area contributed by atoms with Crippen molar-refractivity contribution in [3.05, 3.63) is 0 Å². The quantitative estimate of drug-likeness (QED) is 0.793. The van der Waals surface area contributed by atoms with Crippen LogP contribution in [0.15, 0.2) is 0 Å². The highest BCUT2D eigenvalue weighted by molar-refractivity contribution is 6.92. The first-order valence-electron chi connectivity index (χ1n) is 5.54. The lowest BCUT2D eigenvalue weighted by molar-refractivity contribution is 0.223. The second-order valence-corrected chi connectivity index (χ2v) is 15.3. The Labute approximate surface area is 96.1 Å².